The third kappa shape index (κ3) is 6.40. The van der Waals surface area contributed by atoms with Gasteiger partial charge < -0.3 is 9.47 Å². The van der Waals surface area contributed by atoms with Gasteiger partial charge in [0.05, 0.1) is 6.54 Å². The van der Waals surface area contributed by atoms with Gasteiger partial charge in [-0.1, -0.05) is 24.6 Å². The van der Waals surface area contributed by atoms with Crippen molar-refractivity contribution in [2.45, 2.75) is 53.2 Å². The summed E-state index contributed by atoms with van der Waals surface area (Å²) in [5.41, 5.74) is 1.55. The van der Waals surface area contributed by atoms with E-state index >= 15 is 0 Å². The first-order chi connectivity index (χ1) is 14.2. The normalized spacial score (nSPS) is 12.4. The molecule has 7 heteroatoms. The van der Waals surface area contributed by atoms with Crippen LogP contribution in [-0.4, -0.2) is 31.8 Å². The minimum Gasteiger partial charge on any atom is -0.460 e. The molecule has 0 unspecified atom stereocenters. The monoisotopic (exact) mass is 408 g/mol. The predicted molar refractivity (Wildman–Crippen MR) is 114 cm³/mol. The number of tetrazole rings is 1. The smallest absolute Gasteiger partial charge is 0.306 e. The van der Waals surface area contributed by atoms with Crippen LogP contribution in [0.1, 0.15) is 39.7 Å². The SMILES string of the molecule is Cc1ccc(Oc2ccc(-c3nnn(C[C@@H](C)CC(=O)OC(C)(C)C)n3)cc2)cc1. The van der Waals surface area contributed by atoms with Crippen LogP contribution >= 0.6 is 0 Å². The minimum absolute atomic E-state index is 0.0344. The number of nitrogens with zero attached hydrogens (tertiary/aromatic N) is 4. The first-order valence-electron chi connectivity index (χ1n) is 10.0. The number of ether oxygens (including phenoxy) is 2. The molecule has 0 saturated heterocycles. The third-order valence-electron chi connectivity index (χ3n) is 4.23. The van der Waals surface area contributed by atoms with Crippen LogP contribution in [-0.2, 0) is 16.1 Å². The lowest BCUT2D eigenvalue weighted by atomic mass is 10.1. The van der Waals surface area contributed by atoms with E-state index in [-0.39, 0.29) is 11.9 Å². The second-order valence-electron chi connectivity index (χ2n) is 8.50. The molecule has 0 radical (unpaired) electrons. The summed E-state index contributed by atoms with van der Waals surface area (Å²) in [6.07, 6.45) is 0.305. The van der Waals surface area contributed by atoms with Crippen molar-refractivity contribution in [2.24, 2.45) is 5.92 Å². The van der Waals surface area contributed by atoms with E-state index in [2.05, 4.69) is 15.4 Å². The molecule has 7 nitrogen and oxygen atoms in total. The largest absolute Gasteiger partial charge is 0.460 e. The summed E-state index contributed by atoms with van der Waals surface area (Å²) in [6, 6.07) is 15.4. The van der Waals surface area contributed by atoms with Crippen LogP contribution in [0.2, 0.25) is 0 Å². The van der Waals surface area contributed by atoms with Crippen LogP contribution in [0.25, 0.3) is 11.4 Å². The van der Waals surface area contributed by atoms with Crippen molar-refractivity contribution in [2.75, 3.05) is 0 Å². The number of benzene rings is 2. The Hall–Kier alpha value is -3.22. The van der Waals surface area contributed by atoms with Gasteiger partial charge in [-0.15, -0.1) is 10.2 Å². The van der Waals surface area contributed by atoms with E-state index in [1.54, 1.807) is 0 Å². The minimum atomic E-state index is -0.481. The summed E-state index contributed by atoms with van der Waals surface area (Å²) in [7, 11) is 0. The Morgan fingerprint density at radius 2 is 1.63 bits per heavy atom. The van der Waals surface area contributed by atoms with Crippen LogP contribution in [0.4, 0.5) is 0 Å². The highest BCUT2D eigenvalue weighted by molar-refractivity contribution is 5.70. The van der Waals surface area contributed by atoms with Crippen LogP contribution < -0.4 is 4.74 Å². The molecule has 0 aliphatic heterocycles. The maximum atomic E-state index is 12.0. The van der Waals surface area contributed by atoms with Crippen molar-refractivity contribution < 1.29 is 14.3 Å². The number of esters is 1. The van der Waals surface area contributed by atoms with Gasteiger partial charge in [-0.05, 0) is 75.2 Å². The van der Waals surface area contributed by atoms with Crippen molar-refractivity contribution in [1.82, 2.24) is 20.2 Å². The molecule has 0 fully saturated rings. The highest BCUT2D eigenvalue weighted by atomic mass is 16.6. The molecule has 0 saturated carbocycles. The van der Waals surface area contributed by atoms with Crippen molar-refractivity contribution in [1.29, 1.82) is 0 Å². The Kier molecular flexibility index (Phi) is 6.50. The Labute approximate surface area is 177 Å². The van der Waals surface area contributed by atoms with Crippen molar-refractivity contribution in [3.63, 3.8) is 0 Å². The molecule has 2 aromatic carbocycles. The van der Waals surface area contributed by atoms with E-state index in [1.165, 1.54) is 10.4 Å². The summed E-state index contributed by atoms with van der Waals surface area (Å²) in [6.45, 7) is 10.1. The fourth-order valence-electron chi connectivity index (χ4n) is 2.86. The molecule has 0 aliphatic carbocycles. The third-order valence-corrected chi connectivity index (χ3v) is 4.23. The zero-order chi connectivity index (χ0) is 21.7. The Morgan fingerprint density at radius 1 is 1.03 bits per heavy atom. The summed E-state index contributed by atoms with van der Waals surface area (Å²) in [5, 5.41) is 12.7. The van der Waals surface area contributed by atoms with Gasteiger partial charge in [0, 0.05) is 12.0 Å². The summed E-state index contributed by atoms with van der Waals surface area (Å²) < 4.78 is 11.2. The van der Waals surface area contributed by atoms with Crippen molar-refractivity contribution in [3.05, 3.63) is 54.1 Å². The first kappa shape index (κ1) is 21.5. The zero-order valence-corrected chi connectivity index (χ0v) is 18.1. The number of hydrogen-bond donors (Lipinski definition) is 0. The Bertz CT molecular complexity index is 973. The predicted octanol–water partition coefficient (Wildman–Crippen LogP) is 4.81. The number of hydrogen-bond acceptors (Lipinski definition) is 6. The molecular formula is C23H28N4O3. The number of rotatable bonds is 7. The van der Waals surface area contributed by atoms with E-state index in [1.807, 2.05) is 83.1 Å². The van der Waals surface area contributed by atoms with Crippen LogP contribution in [0.15, 0.2) is 48.5 Å². The average Bonchev–Trinajstić information content (AvgIpc) is 3.11. The molecule has 0 N–H and O–H groups in total. The van der Waals surface area contributed by atoms with Gasteiger partial charge in [-0.25, -0.2) is 0 Å². The number of aryl methyl sites for hydroxylation is 1. The van der Waals surface area contributed by atoms with Gasteiger partial charge in [0.15, 0.2) is 0 Å². The van der Waals surface area contributed by atoms with Crippen molar-refractivity contribution in [3.8, 4) is 22.9 Å². The lowest BCUT2D eigenvalue weighted by Crippen LogP contribution is -2.25. The highest BCUT2D eigenvalue weighted by Gasteiger charge is 2.19. The van der Waals surface area contributed by atoms with Crippen LogP contribution in [0.5, 0.6) is 11.5 Å². The molecular weight excluding hydrogens is 380 g/mol. The lowest BCUT2D eigenvalue weighted by Gasteiger charge is -2.20. The van der Waals surface area contributed by atoms with Gasteiger partial charge in [0.1, 0.15) is 17.1 Å². The average molecular weight is 409 g/mol. The Balaban J connectivity index is 1.57. The molecule has 0 amide bonds. The molecule has 1 heterocycles. The maximum Gasteiger partial charge on any atom is 0.306 e. The van der Waals surface area contributed by atoms with E-state index < -0.39 is 5.60 Å². The standard InChI is InChI=1S/C23H28N4O3/c1-16-6-10-19(11-7-16)29-20-12-8-18(9-13-20)22-24-26-27(25-22)15-17(2)14-21(28)30-23(3,4)5/h6-13,17H,14-15H2,1-5H3/t17-/m0/s1. The second kappa shape index (κ2) is 9.07. The molecule has 3 aromatic rings. The summed E-state index contributed by atoms with van der Waals surface area (Å²) in [4.78, 5) is 13.5. The first-order valence-corrected chi connectivity index (χ1v) is 10.0. The number of carbonyl (C=O) groups is 1. The van der Waals surface area contributed by atoms with Gasteiger partial charge in [-0.3, -0.25) is 4.79 Å². The van der Waals surface area contributed by atoms with E-state index in [4.69, 9.17) is 9.47 Å². The van der Waals surface area contributed by atoms with Crippen LogP contribution in [0.3, 0.4) is 0 Å². The highest BCUT2D eigenvalue weighted by Crippen LogP contribution is 2.24. The zero-order valence-electron chi connectivity index (χ0n) is 18.1. The topological polar surface area (TPSA) is 79.1 Å². The molecule has 0 spiro atoms. The van der Waals surface area contributed by atoms with Gasteiger partial charge in [0.25, 0.3) is 0 Å². The molecule has 3 rings (SSSR count). The Morgan fingerprint density at radius 3 is 2.23 bits per heavy atom. The summed E-state index contributed by atoms with van der Waals surface area (Å²) in [5.74, 6) is 1.87. The fourth-order valence-corrected chi connectivity index (χ4v) is 2.86. The molecule has 1 atom stereocenters. The molecule has 158 valence electrons. The van der Waals surface area contributed by atoms with E-state index in [0.29, 0.717) is 18.8 Å². The quantitative estimate of drug-likeness (QED) is 0.522. The molecule has 1 aromatic heterocycles. The molecule has 0 aliphatic rings. The number of aromatic nitrogens is 4. The summed E-state index contributed by atoms with van der Waals surface area (Å²) >= 11 is 0. The van der Waals surface area contributed by atoms with Gasteiger partial charge >= 0.3 is 5.97 Å². The molecule has 0 bridgehead atoms. The molecule has 30 heavy (non-hydrogen) atoms. The van der Waals surface area contributed by atoms with E-state index in [0.717, 1.165) is 17.1 Å². The fraction of sp³-hybridized carbons (Fsp3) is 0.391. The number of carbonyl (C=O) groups excluding carboxylic acids is 1. The van der Waals surface area contributed by atoms with Crippen molar-refractivity contribution >= 4 is 5.97 Å². The lowest BCUT2D eigenvalue weighted by molar-refractivity contribution is -0.155. The maximum absolute atomic E-state index is 12.0. The van der Waals surface area contributed by atoms with Gasteiger partial charge in [0.2, 0.25) is 5.82 Å². The van der Waals surface area contributed by atoms with E-state index in [9.17, 15) is 4.79 Å². The van der Waals surface area contributed by atoms with Crippen LogP contribution in [0, 0.1) is 12.8 Å². The second-order valence-corrected chi connectivity index (χ2v) is 8.50. The van der Waals surface area contributed by atoms with Gasteiger partial charge in [-0.2, -0.15) is 4.80 Å².